The summed E-state index contributed by atoms with van der Waals surface area (Å²) < 4.78 is 4.86. The Bertz CT molecular complexity index is 255. The van der Waals surface area contributed by atoms with E-state index in [1.54, 1.807) is 6.92 Å². The summed E-state index contributed by atoms with van der Waals surface area (Å²) in [4.78, 5) is 14.8. The van der Waals surface area contributed by atoms with E-state index in [2.05, 4.69) is 10.3 Å². The highest BCUT2D eigenvalue weighted by atomic mass is 16.3. The van der Waals surface area contributed by atoms with Crippen LogP contribution in [0.5, 0.6) is 0 Å². The van der Waals surface area contributed by atoms with E-state index < -0.39 is 0 Å². The predicted octanol–water partition coefficient (Wildman–Crippen LogP) is 0.733. The molecule has 0 aliphatic carbocycles. The molecule has 0 unspecified atom stereocenters. The molecule has 0 saturated heterocycles. The van der Waals surface area contributed by atoms with Crippen LogP contribution in [0.25, 0.3) is 0 Å². The molecule has 0 aliphatic heterocycles. The summed E-state index contributed by atoms with van der Waals surface area (Å²) in [5, 5.41) is 2.63. The fraction of sp³-hybridized carbons (Fsp3) is 0.429. The average molecular weight is 154 g/mol. The van der Waals surface area contributed by atoms with Gasteiger partial charge in [0.1, 0.15) is 5.76 Å². The molecule has 0 radical (unpaired) electrons. The molecule has 1 heterocycles. The summed E-state index contributed by atoms with van der Waals surface area (Å²) in [6.07, 6.45) is 1.26. The summed E-state index contributed by atoms with van der Waals surface area (Å²) in [7, 11) is 0. The Hall–Kier alpha value is -1.32. The number of oxazole rings is 1. The quantitative estimate of drug-likeness (QED) is 0.683. The van der Waals surface area contributed by atoms with Crippen molar-refractivity contribution in [3.63, 3.8) is 0 Å². The second-order valence-corrected chi connectivity index (χ2v) is 2.12. The van der Waals surface area contributed by atoms with E-state index in [1.807, 2.05) is 6.92 Å². The summed E-state index contributed by atoms with van der Waals surface area (Å²) in [6, 6.07) is 0. The van der Waals surface area contributed by atoms with Crippen LogP contribution in [-0.2, 0) is 0 Å². The minimum atomic E-state index is -0.182. The van der Waals surface area contributed by atoms with Gasteiger partial charge in [-0.05, 0) is 13.8 Å². The molecule has 1 aromatic rings. The molecule has 11 heavy (non-hydrogen) atoms. The van der Waals surface area contributed by atoms with Crippen molar-refractivity contribution in [1.82, 2.24) is 10.3 Å². The standard InChI is InChI=1S/C7H10N2O2/c1-3-8-7(10)6-5(2)11-4-9-6/h4H,3H2,1-2H3,(H,8,10). The van der Waals surface area contributed by atoms with Gasteiger partial charge in [0.05, 0.1) is 0 Å². The van der Waals surface area contributed by atoms with Crippen LogP contribution in [0.1, 0.15) is 23.2 Å². The van der Waals surface area contributed by atoms with Crippen molar-refractivity contribution < 1.29 is 9.21 Å². The zero-order valence-electron chi connectivity index (χ0n) is 6.55. The average Bonchev–Trinajstić information content (AvgIpc) is 2.36. The molecule has 1 N–H and O–H groups in total. The molecule has 0 aromatic carbocycles. The SMILES string of the molecule is CCNC(=O)c1ncoc1C. The molecule has 1 amide bonds. The number of hydrogen-bond donors (Lipinski definition) is 1. The summed E-state index contributed by atoms with van der Waals surface area (Å²) in [6.45, 7) is 4.16. The Balaban J connectivity index is 2.76. The first-order valence-electron chi connectivity index (χ1n) is 3.44. The van der Waals surface area contributed by atoms with Crippen LogP contribution in [0, 0.1) is 6.92 Å². The predicted molar refractivity (Wildman–Crippen MR) is 39.2 cm³/mol. The van der Waals surface area contributed by atoms with E-state index in [1.165, 1.54) is 6.39 Å². The van der Waals surface area contributed by atoms with Crippen molar-refractivity contribution in [1.29, 1.82) is 0 Å². The van der Waals surface area contributed by atoms with Gasteiger partial charge in [-0.15, -0.1) is 0 Å². The first kappa shape index (κ1) is 7.78. The van der Waals surface area contributed by atoms with Gasteiger partial charge in [0.2, 0.25) is 0 Å². The first-order valence-corrected chi connectivity index (χ1v) is 3.44. The third kappa shape index (κ3) is 1.58. The van der Waals surface area contributed by atoms with Gasteiger partial charge in [-0.1, -0.05) is 0 Å². The highest BCUT2D eigenvalue weighted by molar-refractivity contribution is 5.92. The first-order chi connectivity index (χ1) is 5.25. The summed E-state index contributed by atoms with van der Waals surface area (Å²) in [5.74, 6) is 0.370. The fourth-order valence-corrected chi connectivity index (χ4v) is 0.768. The van der Waals surface area contributed by atoms with E-state index in [0.717, 1.165) is 0 Å². The lowest BCUT2D eigenvalue weighted by atomic mass is 10.3. The lowest BCUT2D eigenvalue weighted by Gasteiger charge is -1.96. The monoisotopic (exact) mass is 154 g/mol. The molecule has 0 spiro atoms. The van der Waals surface area contributed by atoms with Crippen LogP contribution in [-0.4, -0.2) is 17.4 Å². The van der Waals surface area contributed by atoms with Gasteiger partial charge in [-0.25, -0.2) is 4.98 Å². The Morgan fingerprint density at radius 1 is 1.82 bits per heavy atom. The minimum Gasteiger partial charge on any atom is -0.448 e. The highest BCUT2D eigenvalue weighted by Crippen LogP contribution is 2.02. The third-order valence-electron chi connectivity index (χ3n) is 1.30. The number of amides is 1. The van der Waals surface area contributed by atoms with Crippen LogP contribution in [0.4, 0.5) is 0 Å². The zero-order chi connectivity index (χ0) is 8.27. The minimum absolute atomic E-state index is 0.182. The third-order valence-corrected chi connectivity index (χ3v) is 1.30. The van der Waals surface area contributed by atoms with Gasteiger partial charge in [0, 0.05) is 6.54 Å². The van der Waals surface area contributed by atoms with Crippen molar-refractivity contribution in [3.05, 3.63) is 17.8 Å². The number of aryl methyl sites for hydroxylation is 1. The van der Waals surface area contributed by atoms with Gasteiger partial charge in [-0.2, -0.15) is 0 Å². The number of nitrogens with one attached hydrogen (secondary N) is 1. The van der Waals surface area contributed by atoms with Crippen LogP contribution in [0.3, 0.4) is 0 Å². The topological polar surface area (TPSA) is 55.1 Å². The fourth-order valence-electron chi connectivity index (χ4n) is 0.768. The number of hydrogen-bond acceptors (Lipinski definition) is 3. The lowest BCUT2D eigenvalue weighted by Crippen LogP contribution is -2.23. The molecule has 60 valence electrons. The molecule has 0 bridgehead atoms. The molecule has 4 heteroatoms. The zero-order valence-corrected chi connectivity index (χ0v) is 6.55. The van der Waals surface area contributed by atoms with Gasteiger partial charge >= 0.3 is 0 Å². The van der Waals surface area contributed by atoms with Crippen LogP contribution >= 0.6 is 0 Å². The van der Waals surface area contributed by atoms with Gasteiger partial charge in [-0.3, -0.25) is 4.79 Å². The Morgan fingerprint density at radius 2 is 2.55 bits per heavy atom. The van der Waals surface area contributed by atoms with Crippen LogP contribution in [0.15, 0.2) is 10.8 Å². The number of carbonyl (C=O) groups excluding carboxylic acids is 1. The number of rotatable bonds is 2. The second-order valence-electron chi connectivity index (χ2n) is 2.12. The highest BCUT2D eigenvalue weighted by Gasteiger charge is 2.10. The molecular formula is C7H10N2O2. The molecule has 0 fully saturated rings. The van der Waals surface area contributed by atoms with E-state index in [9.17, 15) is 4.79 Å². The molecule has 0 saturated carbocycles. The van der Waals surface area contributed by atoms with Gasteiger partial charge in [0.15, 0.2) is 12.1 Å². The molecule has 1 rings (SSSR count). The van der Waals surface area contributed by atoms with E-state index in [-0.39, 0.29) is 5.91 Å². The largest absolute Gasteiger partial charge is 0.448 e. The molecule has 0 atom stereocenters. The maximum Gasteiger partial charge on any atom is 0.273 e. The maximum absolute atomic E-state index is 11.1. The summed E-state index contributed by atoms with van der Waals surface area (Å²) >= 11 is 0. The number of carbonyl (C=O) groups is 1. The van der Waals surface area contributed by atoms with Crippen molar-refractivity contribution in [3.8, 4) is 0 Å². The number of aromatic nitrogens is 1. The van der Waals surface area contributed by atoms with Gasteiger partial charge in [0.25, 0.3) is 5.91 Å². The second kappa shape index (κ2) is 3.18. The van der Waals surface area contributed by atoms with Crippen molar-refractivity contribution in [2.24, 2.45) is 0 Å². The Kier molecular flexibility index (Phi) is 2.25. The Morgan fingerprint density at radius 3 is 3.00 bits per heavy atom. The molecule has 0 aliphatic rings. The molecular weight excluding hydrogens is 144 g/mol. The van der Waals surface area contributed by atoms with Crippen LogP contribution in [0.2, 0.25) is 0 Å². The van der Waals surface area contributed by atoms with Crippen molar-refractivity contribution in [2.45, 2.75) is 13.8 Å². The normalized spacial score (nSPS) is 9.64. The van der Waals surface area contributed by atoms with Crippen LogP contribution < -0.4 is 5.32 Å². The Labute approximate surface area is 64.6 Å². The maximum atomic E-state index is 11.1. The van der Waals surface area contributed by atoms with Crippen molar-refractivity contribution >= 4 is 5.91 Å². The lowest BCUT2D eigenvalue weighted by molar-refractivity contribution is 0.0950. The van der Waals surface area contributed by atoms with E-state index in [0.29, 0.717) is 18.0 Å². The molecule has 4 nitrogen and oxygen atoms in total. The number of nitrogens with zero attached hydrogens (tertiary/aromatic N) is 1. The van der Waals surface area contributed by atoms with E-state index in [4.69, 9.17) is 4.42 Å². The van der Waals surface area contributed by atoms with E-state index >= 15 is 0 Å². The van der Waals surface area contributed by atoms with Gasteiger partial charge < -0.3 is 9.73 Å². The molecule has 1 aromatic heterocycles. The summed E-state index contributed by atoms with van der Waals surface area (Å²) in [5.41, 5.74) is 0.367. The van der Waals surface area contributed by atoms with Crippen molar-refractivity contribution in [2.75, 3.05) is 6.54 Å². The smallest absolute Gasteiger partial charge is 0.273 e.